The quantitative estimate of drug-likeness (QED) is 0.834. The zero-order chi connectivity index (χ0) is 13.7. The van der Waals surface area contributed by atoms with E-state index in [9.17, 15) is 4.79 Å². The van der Waals surface area contributed by atoms with Crippen LogP contribution in [0.3, 0.4) is 0 Å². The molecular weight excluding hydrogens is 327 g/mol. The van der Waals surface area contributed by atoms with Crippen molar-refractivity contribution in [3.05, 3.63) is 28.2 Å². The van der Waals surface area contributed by atoms with Gasteiger partial charge in [0.15, 0.2) is 0 Å². The van der Waals surface area contributed by atoms with E-state index in [0.717, 1.165) is 4.90 Å². The van der Waals surface area contributed by atoms with Gasteiger partial charge < -0.3 is 10.6 Å². The summed E-state index contributed by atoms with van der Waals surface area (Å²) >= 11 is 13.3. The molecule has 0 aliphatic heterocycles. The van der Waals surface area contributed by atoms with Crippen molar-refractivity contribution in [1.82, 2.24) is 4.90 Å². The Morgan fingerprint density at radius 1 is 1.47 bits per heavy atom. The van der Waals surface area contributed by atoms with Gasteiger partial charge in [0.2, 0.25) is 5.91 Å². The van der Waals surface area contributed by atoms with Crippen LogP contribution in [-0.4, -0.2) is 36.2 Å². The second kappa shape index (κ2) is 8.93. The van der Waals surface area contributed by atoms with Crippen LogP contribution in [0.2, 0.25) is 10.0 Å². The van der Waals surface area contributed by atoms with Gasteiger partial charge in [0.1, 0.15) is 0 Å². The topological polar surface area (TPSA) is 46.3 Å². The highest BCUT2D eigenvalue weighted by Gasteiger charge is 2.15. The van der Waals surface area contributed by atoms with Crippen LogP contribution in [0.15, 0.2) is 23.1 Å². The Balaban J connectivity index is 0.00000324. The fourth-order valence-electron chi connectivity index (χ4n) is 1.23. The number of halogens is 3. The van der Waals surface area contributed by atoms with E-state index in [2.05, 4.69) is 0 Å². The average molecular weight is 344 g/mol. The minimum atomic E-state index is 0. The number of carbonyl (C=O) groups is 1. The van der Waals surface area contributed by atoms with E-state index in [1.165, 1.54) is 11.8 Å². The number of amides is 1. The number of thioether (sulfide) groups is 1. The molecule has 0 bridgehead atoms. The largest absolute Gasteiger partial charge is 0.341 e. The summed E-state index contributed by atoms with van der Waals surface area (Å²) in [7, 11) is 1.75. The van der Waals surface area contributed by atoms with Crippen LogP contribution < -0.4 is 5.73 Å². The van der Waals surface area contributed by atoms with Gasteiger partial charge in [0, 0.05) is 29.6 Å². The fraction of sp³-hybridized carbons (Fsp3) is 0.417. The molecule has 0 radical (unpaired) electrons. The third kappa shape index (κ3) is 5.79. The number of benzene rings is 1. The molecule has 0 fully saturated rings. The van der Waals surface area contributed by atoms with E-state index in [4.69, 9.17) is 28.9 Å². The van der Waals surface area contributed by atoms with E-state index >= 15 is 0 Å². The number of hydrogen-bond acceptors (Lipinski definition) is 3. The Labute approximate surface area is 134 Å². The van der Waals surface area contributed by atoms with Crippen molar-refractivity contribution in [2.45, 2.75) is 17.9 Å². The predicted molar refractivity (Wildman–Crippen MR) is 85.7 cm³/mol. The molecule has 3 nitrogen and oxygen atoms in total. The summed E-state index contributed by atoms with van der Waals surface area (Å²) < 4.78 is 0. The number of nitrogens with zero attached hydrogens (tertiary/aromatic N) is 1. The third-order valence-corrected chi connectivity index (χ3v) is 4.36. The van der Waals surface area contributed by atoms with Crippen molar-refractivity contribution < 1.29 is 4.79 Å². The summed E-state index contributed by atoms with van der Waals surface area (Å²) in [5.41, 5.74) is 5.52. The Morgan fingerprint density at radius 3 is 2.68 bits per heavy atom. The predicted octanol–water partition coefficient (Wildman–Crippen LogP) is 3.31. The van der Waals surface area contributed by atoms with Crippen molar-refractivity contribution in [3.63, 3.8) is 0 Å². The summed E-state index contributed by atoms with van der Waals surface area (Å²) in [5, 5.41) is 1.21. The molecule has 0 aliphatic rings. The highest BCUT2D eigenvalue weighted by molar-refractivity contribution is 8.00. The third-order valence-electron chi connectivity index (χ3n) is 2.64. The van der Waals surface area contributed by atoms with E-state index in [0.29, 0.717) is 22.3 Å². The summed E-state index contributed by atoms with van der Waals surface area (Å²) in [6, 6.07) is 5.24. The molecular formula is C12H17Cl3N2OS. The smallest absolute Gasteiger partial charge is 0.232 e. The van der Waals surface area contributed by atoms with Gasteiger partial charge in [0.05, 0.1) is 10.8 Å². The minimum Gasteiger partial charge on any atom is -0.341 e. The summed E-state index contributed by atoms with van der Waals surface area (Å²) in [4.78, 5) is 14.3. The molecule has 1 rings (SSSR count). The number of carbonyl (C=O) groups excluding carboxylic acids is 1. The lowest BCUT2D eigenvalue weighted by Crippen LogP contribution is -2.40. The van der Waals surface area contributed by atoms with Gasteiger partial charge in [-0.1, -0.05) is 23.2 Å². The monoisotopic (exact) mass is 342 g/mol. The molecule has 108 valence electrons. The lowest BCUT2D eigenvalue weighted by molar-refractivity contribution is -0.128. The molecule has 19 heavy (non-hydrogen) atoms. The molecule has 2 N–H and O–H groups in total. The van der Waals surface area contributed by atoms with Gasteiger partial charge in [-0.15, -0.1) is 24.2 Å². The van der Waals surface area contributed by atoms with Gasteiger partial charge in [0.25, 0.3) is 0 Å². The lowest BCUT2D eigenvalue weighted by atomic mass is 10.3. The number of likely N-dealkylation sites (N-methyl/N-ethyl adjacent to an activating group) is 1. The number of nitrogens with two attached hydrogens (primary N) is 1. The molecule has 0 saturated heterocycles. The highest BCUT2D eigenvalue weighted by Crippen LogP contribution is 2.29. The minimum absolute atomic E-state index is 0. The molecule has 0 spiro atoms. The maximum atomic E-state index is 11.9. The fourth-order valence-corrected chi connectivity index (χ4v) is 2.65. The van der Waals surface area contributed by atoms with Crippen LogP contribution >= 0.6 is 47.4 Å². The number of rotatable bonds is 5. The van der Waals surface area contributed by atoms with Crippen molar-refractivity contribution >= 4 is 53.3 Å². The molecule has 0 aromatic heterocycles. The van der Waals surface area contributed by atoms with Gasteiger partial charge in [-0.05, 0) is 25.1 Å². The first-order valence-electron chi connectivity index (χ1n) is 5.49. The molecule has 1 unspecified atom stereocenters. The molecule has 1 atom stereocenters. The Kier molecular flexibility index (Phi) is 8.86. The Bertz CT molecular complexity index is 431. The zero-order valence-corrected chi connectivity index (χ0v) is 13.9. The maximum absolute atomic E-state index is 11.9. The van der Waals surface area contributed by atoms with Crippen molar-refractivity contribution in [1.29, 1.82) is 0 Å². The lowest BCUT2D eigenvalue weighted by Gasteiger charge is -2.23. The van der Waals surface area contributed by atoms with Gasteiger partial charge in [-0.3, -0.25) is 4.79 Å². The summed E-state index contributed by atoms with van der Waals surface area (Å²) in [6.45, 7) is 2.36. The molecule has 0 saturated carbocycles. The standard InChI is InChI=1S/C12H16Cl2N2OS.ClH/c1-8(6-15)16(2)12(17)7-18-11-5-9(13)3-4-10(11)14;/h3-5,8H,6-7,15H2,1-2H3;1H. The van der Waals surface area contributed by atoms with Crippen LogP contribution in [0.5, 0.6) is 0 Å². The average Bonchev–Trinajstić information content (AvgIpc) is 2.37. The first-order valence-corrected chi connectivity index (χ1v) is 7.23. The number of hydrogen-bond donors (Lipinski definition) is 1. The van der Waals surface area contributed by atoms with Crippen molar-refractivity contribution in [2.75, 3.05) is 19.3 Å². The molecule has 1 amide bonds. The van der Waals surface area contributed by atoms with E-state index in [1.54, 1.807) is 30.1 Å². The SMILES string of the molecule is CC(CN)N(C)C(=O)CSc1cc(Cl)ccc1Cl.Cl. The van der Waals surface area contributed by atoms with Crippen LogP contribution in [0.4, 0.5) is 0 Å². The van der Waals surface area contributed by atoms with Crippen LogP contribution in [0.25, 0.3) is 0 Å². The highest BCUT2D eigenvalue weighted by atomic mass is 35.5. The first kappa shape index (κ1) is 18.9. The zero-order valence-electron chi connectivity index (χ0n) is 10.7. The van der Waals surface area contributed by atoms with Gasteiger partial charge in [-0.25, -0.2) is 0 Å². The van der Waals surface area contributed by atoms with Crippen LogP contribution in [-0.2, 0) is 4.79 Å². The van der Waals surface area contributed by atoms with Crippen LogP contribution in [0, 0.1) is 0 Å². The maximum Gasteiger partial charge on any atom is 0.232 e. The second-order valence-corrected chi connectivity index (χ2v) is 5.81. The second-order valence-electron chi connectivity index (χ2n) is 3.95. The normalized spacial score (nSPS) is 11.6. The molecule has 0 aliphatic carbocycles. The van der Waals surface area contributed by atoms with E-state index < -0.39 is 0 Å². The van der Waals surface area contributed by atoms with E-state index in [1.807, 2.05) is 6.92 Å². The van der Waals surface area contributed by atoms with E-state index in [-0.39, 0.29) is 24.4 Å². The summed E-state index contributed by atoms with van der Waals surface area (Å²) in [5.74, 6) is 0.343. The van der Waals surface area contributed by atoms with Gasteiger partial charge >= 0.3 is 0 Å². The molecule has 1 aromatic carbocycles. The Hall–Kier alpha value is -0.130. The van der Waals surface area contributed by atoms with Crippen molar-refractivity contribution in [3.8, 4) is 0 Å². The molecule has 1 aromatic rings. The first-order chi connectivity index (χ1) is 8.45. The van der Waals surface area contributed by atoms with Gasteiger partial charge in [-0.2, -0.15) is 0 Å². The molecule has 7 heteroatoms. The summed E-state index contributed by atoms with van der Waals surface area (Å²) in [6.07, 6.45) is 0. The van der Waals surface area contributed by atoms with Crippen molar-refractivity contribution in [2.24, 2.45) is 5.73 Å². The molecule has 0 heterocycles. The van der Waals surface area contributed by atoms with Crippen LogP contribution in [0.1, 0.15) is 6.92 Å². The Morgan fingerprint density at radius 2 is 2.11 bits per heavy atom.